The van der Waals surface area contributed by atoms with Crippen LogP contribution in [0.1, 0.15) is 17.6 Å². The molecule has 7 heteroatoms. The van der Waals surface area contributed by atoms with Crippen molar-refractivity contribution in [3.8, 4) is 11.1 Å². The lowest BCUT2D eigenvalue weighted by atomic mass is 10.0. The Hall–Kier alpha value is -1.99. The van der Waals surface area contributed by atoms with E-state index >= 15 is 0 Å². The van der Waals surface area contributed by atoms with Crippen LogP contribution >= 0.6 is 23.1 Å². The number of carboxylic acid groups (broad SMARTS) is 1. The van der Waals surface area contributed by atoms with E-state index in [0.717, 1.165) is 26.2 Å². The maximum absolute atomic E-state index is 13.2. The number of halogens is 1. The molecule has 124 valence electrons. The number of thiophene rings is 1. The van der Waals surface area contributed by atoms with Gasteiger partial charge in [0.1, 0.15) is 26.7 Å². The third-order valence-electron chi connectivity index (χ3n) is 3.58. The van der Waals surface area contributed by atoms with E-state index in [4.69, 9.17) is 0 Å². The number of rotatable bonds is 4. The van der Waals surface area contributed by atoms with Gasteiger partial charge in [-0.25, -0.2) is 14.4 Å². The Kier molecular flexibility index (Phi) is 4.56. The molecule has 1 aromatic carbocycles. The van der Waals surface area contributed by atoms with Crippen molar-refractivity contribution in [2.24, 2.45) is 0 Å². The van der Waals surface area contributed by atoms with Gasteiger partial charge in [-0.2, -0.15) is 0 Å². The molecule has 1 atom stereocenters. The van der Waals surface area contributed by atoms with Crippen molar-refractivity contribution in [2.75, 3.05) is 0 Å². The largest absolute Gasteiger partial charge is 0.480 e. The van der Waals surface area contributed by atoms with E-state index in [1.54, 1.807) is 26.0 Å². The quantitative estimate of drug-likeness (QED) is 0.539. The Balaban J connectivity index is 2.24. The third kappa shape index (κ3) is 3.14. The molecule has 3 rings (SSSR count). The summed E-state index contributed by atoms with van der Waals surface area (Å²) in [5, 5.41) is 10.1. The van der Waals surface area contributed by atoms with E-state index in [2.05, 4.69) is 9.97 Å². The van der Waals surface area contributed by atoms with Gasteiger partial charge < -0.3 is 5.11 Å². The van der Waals surface area contributed by atoms with E-state index in [1.165, 1.54) is 35.2 Å². The molecule has 0 saturated carbocycles. The Morgan fingerprint density at radius 1 is 1.25 bits per heavy atom. The predicted molar refractivity (Wildman–Crippen MR) is 95.2 cm³/mol. The molecule has 0 aliphatic carbocycles. The first kappa shape index (κ1) is 16.9. The number of carboxylic acids is 1. The lowest BCUT2D eigenvalue weighted by Crippen LogP contribution is -2.11. The molecule has 0 fully saturated rings. The SMILES string of the molecule is Cc1nc(SC(C)C(=O)O)c2c(-c3ccc(F)cc3)c(C)sc2n1. The van der Waals surface area contributed by atoms with Crippen LogP contribution in [-0.4, -0.2) is 26.3 Å². The van der Waals surface area contributed by atoms with Gasteiger partial charge in [-0.3, -0.25) is 4.79 Å². The van der Waals surface area contributed by atoms with Crippen molar-refractivity contribution in [3.05, 3.63) is 40.8 Å². The van der Waals surface area contributed by atoms with E-state index in [0.29, 0.717) is 10.9 Å². The molecule has 2 aromatic heterocycles. The second kappa shape index (κ2) is 6.49. The minimum atomic E-state index is -0.889. The normalized spacial score (nSPS) is 12.5. The summed E-state index contributed by atoms with van der Waals surface area (Å²) < 4.78 is 13.2. The summed E-state index contributed by atoms with van der Waals surface area (Å²) in [5.74, 6) is -0.577. The number of carbonyl (C=O) groups is 1. The van der Waals surface area contributed by atoms with Crippen molar-refractivity contribution < 1.29 is 14.3 Å². The highest BCUT2D eigenvalue weighted by Crippen LogP contribution is 2.42. The monoisotopic (exact) mass is 362 g/mol. The molecule has 0 radical (unpaired) electrons. The summed E-state index contributed by atoms with van der Waals surface area (Å²) in [6, 6.07) is 6.28. The molecule has 3 aromatic rings. The molecule has 1 unspecified atom stereocenters. The third-order valence-corrected chi connectivity index (χ3v) is 5.65. The standard InChI is InChI=1S/C17H15FN2O2S2/c1-8-13(11-4-6-12(18)7-5-11)14-15(23-8)19-10(3)20-16(14)24-9(2)17(21)22/h4-7,9H,1-3H3,(H,21,22). The minimum absolute atomic E-state index is 0.294. The molecule has 0 saturated heterocycles. The summed E-state index contributed by atoms with van der Waals surface area (Å²) >= 11 is 2.74. The fourth-order valence-corrected chi connectivity index (χ4v) is 4.54. The molecular formula is C17H15FN2O2S2. The Morgan fingerprint density at radius 2 is 1.92 bits per heavy atom. The summed E-state index contributed by atoms with van der Waals surface area (Å²) in [6.07, 6.45) is 0. The van der Waals surface area contributed by atoms with Crippen molar-refractivity contribution in [2.45, 2.75) is 31.0 Å². The van der Waals surface area contributed by atoms with Gasteiger partial charge in [0.2, 0.25) is 0 Å². The van der Waals surface area contributed by atoms with Gasteiger partial charge in [0, 0.05) is 10.4 Å². The van der Waals surface area contributed by atoms with Gasteiger partial charge in [-0.1, -0.05) is 23.9 Å². The molecule has 0 spiro atoms. The number of aromatic nitrogens is 2. The van der Waals surface area contributed by atoms with Crippen molar-refractivity contribution in [1.29, 1.82) is 0 Å². The summed E-state index contributed by atoms with van der Waals surface area (Å²) in [7, 11) is 0. The van der Waals surface area contributed by atoms with Crippen LogP contribution in [0.2, 0.25) is 0 Å². The smallest absolute Gasteiger partial charge is 0.316 e. The number of aliphatic carboxylic acids is 1. The highest BCUT2D eigenvalue weighted by molar-refractivity contribution is 8.00. The molecule has 0 aliphatic rings. The number of fused-ring (bicyclic) bond motifs is 1. The van der Waals surface area contributed by atoms with Gasteiger partial charge in [-0.05, 0) is 38.5 Å². The summed E-state index contributed by atoms with van der Waals surface area (Å²) in [4.78, 5) is 22.0. The minimum Gasteiger partial charge on any atom is -0.480 e. The number of nitrogens with zero attached hydrogens (tertiary/aromatic N) is 2. The first-order valence-corrected chi connectivity index (χ1v) is 8.99. The zero-order valence-corrected chi connectivity index (χ0v) is 15.0. The number of aryl methyl sites for hydroxylation is 2. The lowest BCUT2D eigenvalue weighted by molar-refractivity contribution is -0.136. The topological polar surface area (TPSA) is 63.1 Å². The van der Waals surface area contributed by atoms with Gasteiger partial charge in [0.05, 0.1) is 5.39 Å². The van der Waals surface area contributed by atoms with Crippen molar-refractivity contribution >= 4 is 39.3 Å². The molecule has 2 heterocycles. The molecule has 24 heavy (non-hydrogen) atoms. The van der Waals surface area contributed by atoms with E-state index in [-0.39, 0.29) is 5.82 Å². The zero-order valence-electron chi connectivity index (χ0n) is 13.3. The van der Waals surface area contributed by atoms with Crippen LogP contribution in [0.4, 0.5) is 4.39 Å². The highest BCUT2D eigenvalue weighted by Gasteiger charge is 2.21. The van der Waals surface area contributed by atoms with Gasteiger partial charge >= 0.3 is 5.97 Å². The fourth-order valence-electron chi connectivity index (χ4n) is 2.45. The number of benzene rings is 1. The van der Waals surface area contributed by atoms with Crippen LogP contribution in [0.25, 0.3) is 21.3 Å². The van der Waals surface area contributed by atoms with Crippen LogP contribution in [0.5, 0.6) is 0 Å². The Labute approximate surface area is 146 Å². The van der Waals surface area contributed by atoms with Gasteiger partial charge in [0.25, 0.3) is 0 Å². The first-order chi connectivity index (χ1) is 11.4. The number of thioether (sulfide) groups is 1. The van der Waals surface area contributed by atoms with Crippen LogP contribution in [0.3, 0.4) is 0 Å². The van der Waals surface area contributed by atoms with E-state index in [1.807, 2.05) is 6.92 Å². The summed E-state index contributed by atoms with van der Waals surface area (Å²) in [6.45, 7) is 5.41. The summed E-state index contributed by atoms with van der Waals surface area (Å²) in [5.41, 5.74) is 1.81. The molecular weight excluding hydrogens is 347 g/mol. The van der Waals surface area contributed by atoms with Crippen LogP contribution in [0.15, 0.2) is 29.3 Å². The van der Waals surface area contributed by atoms with Crippen LogP contribution < -0.4 is 0 Å². The number of hydrogen-bond donors (Lipinski definition) is 1. The molecule has 0 aliphatic heterocycles. The molecule has 0 amide bonds. The van der Waals surface area contributed by atoms with Crippen molar-refractivity contribution in [3.63, 3.8) is 0 Å². The predicted octanol–water partition coefficient (Wildman–Crippen LogP) is 4.68. The Bertz CT molecular complexity index is 922. The highest BCUT2D eigenvalue weighted by atomic mass is 32.2. The Morgan fingerprint density at radius 3 is 2.54 bits per heavy atom. The lowest BCUT2D eigenvalue weighted by Gasteiger charge is -2.09. The second-order valence-electron chi connectivity index (χ2n) is 5.39. The number of hydrogen-bond acceptors (Lipinski definition) is 5. The van der Waals surface area contributed by atoms with Crippen LogP contribution in [-0.2, 0) is 4.79 Å². The fraction of sp³-hybridized carbons (Fsp3) is 0.235. The molecule has 0 bridgehead atoms. The maximum atomic E-state index is 13.2. The second-order valence-corrected chi connectivity index (χ2v) is 7.93. The average Bonchev–Trinajstić information content (AvgIpc) is 2.84. The van der Waals surface area contributed by atoms with E-state index < -0.39 is 11.2 Å². The van der Waals surface area contributed by atoms with E-state index in [9.17, 15) is 14.3 Å². The molecule has 4 nitrogen and oxygen atoms in total. The maximum Gasteiger partial charge on any atom is 0.316 e. The first-order valence-electron chi connectivity index (χ1n) is 7.30. The van der Waals surface area contributed by atoms with Crippen molar-refractivity contribution in [1.82, 2.24) is 9.97 Å². The van der Waals surface area contributed by atoms with Gasteiger partial charge in [-0.15, -0.1) is 11.3 Å². The average molecular weight is 362 g/mol. The van der Waals surface area contributed by atoms with Gasteiger partial charge in [0.15, 0.2) is 0 Å². The zero-order chi connectivity index (χ0) is 17.4. The molecule has 1 N–H and O–H groups in total. The van der Waals surface area contributed by atoms with Crippen LogP contribution in [0, 0.1) is 19.7 Å².